The number of carbonyl (C=O) groups excluding carboxylic acids is 3. The Labute approximate surface area is 424 Å². The van der Waals surface area contributed by atoms with Crippen molar-refractivity contribution in [2.24, 2.45) is 0 Å². The molecule has 390 valence electrons. The monoisotopic (exact) mass is 955 g/mol. The predicted molar refractivity (Wildman–Crippen MR) is 297 cm³/mol. The van der Waals surface area contributed by atoms with Gasteiger partial charge in [0.05, 0.1) is 0 Å². The van der Waals surface area contributed by atoms with Gasteiger partial charge in [-0.1, -0.05) is 213 Å². The summed E-state index contributed by atoms with van der Waals surface area (Å²) in [6, 6.07) is 0. The molecular weight excluding hydrogens is 853 g/mol. The normalized spacial score (nSPS) is 13.0. The Balaban J connectivity index is 4.52. The minimum absolute atomic E-state index is 0.111. The highest BCUT2D eigenvalue weighted by molar-refractivity contribution is 5.71. The first-order valence-corrected chi connectivity index (χ1v) is 28.0. The van der Waals surface area contributed by atoms with Crippen LogP contribution in [0.3, 0.4) is 0 Å². The molecule has 0 aromatic carbocycles. The molecule has 0 bridgehead atoms. The van der Waals surface area contributed by atoms with E-state index in [-0.39, 0.29) is 37.5 Å². The number of carbonyl (C=O) groups is 3. The van der Waals surface area contributed by atoms with E-state index in [1.807, 2.05) is 0 Å². The van der Waals surface area contributed by atoms with Gasteiger partial charge in [-0.15, -0.1) is 0 Å². The number of ether oxygens (including phenoxy) is 3. The minimum atomic E-state index is -0.819. The molecule has 1 atom stereocenters. The van der Waals surface area contributed by atoms with E-state index in [1.54, 1.807) is 0 Å². The van der Waals surface area contributed by atoms with E-state index >= 15 is 0 Å². The molecule has 0 aromatic rings. The van der Waals surface area contributed by atoms with Crippen molar-refractivity contribution in [3.63, 3.8) is 0 Å². The minimum Gasteiger partial charge on any atom is -0.462 e. The highest BCUT2D eigenvalue weighted by atomic mass is 16.6. The summed E-state index contributed by atoms with van der Waals surface area (Å²) in [5, 5.41) is 0. The van der Waals surface area contributed by atoms with Gasteiger partial charge in [-0.05, 0) is 128 Å². The SMILES string of the molecule is CC/C=C\C/C=C\C/C=C\C/C=C\C/C=C\CCCCCC(=O)OC[C@H](COC(=O)CCCCCCCCC/C=C\CCCCCCCC)OC(=O)CCCC/C=C\C/C=C\C/C=C\C/C=C\CC. The lowest BCUT2D eigenvalue weighted by Gasteiger charge is -2.18. The van der Waals surface area contributed by atoms with E-state index in [1.165, 1.54) is 77.0 Å². The van der Waals surface area contributed by atoms with Crippen molar-refractivity contribution >= 4 is 17.9 Å². The Kier molecular flexibility index (Phi) is 53.0. The Morgan fingerprint density at radius 2 is 0.565 bits per heavy atom. The average molecular weight is 956 g/mol. The molecule has 0 heterocycles. The smallest absolute Gasteiger partial charge is 0.306 e. The quantitative estimate of drug-likeness (QED) is 0.0262. The molecule has 0 rings (SSSR count). The van der Waals surface area contributed by atoms with E-state index in [0.29, 0.717) is 19.3 Å². The summed E-state index contributed by atoms with van der Waals surface area (Å²) in [7, 11) is 0. The molecule has 0 N–H and O–H groups in total. The Morgan fingerprint density at radius 1 is 0.304 bits per heavy atom. The van der Waals surface area contributed by atoms with Crippen LogP contribution in [0.25, 0.3) is 0 Å². The summed E-state index contributed by atoms with van der Waals surface area (Å²) in [6.45, 7) is 6.33. The van der Waals surface area contributed by atoms with Gasteiger partial charge in [0, 0.05) is 19.3 Å². The van der Waals surface area contributed by atoms with Crippen LogP contribution in [0.4, 0.5) is 0 Å². The summed E-state index contributed by atoms with van der Waals surface area (Å²) in [5.41, 5.74) is 0. The van der Waals surface area contributed by atoms with Gasteiger partial charge in [-0.3, -0.25) is 14.4 Å². The molecule has 69 heavy (non-hydrogen) atoms. The third kappa shape index (κ3) is 54.6. The van der Waals surface area contributed by atoms with Gasteiger partial charge in [0.2, 0.25) is 0 Å². The molecule has 0 aliphatic heterocycles. The maximum absolute atomic E-state index is 12.8. The second kappa shape index (κ2) is 56.4. The van der Waals surface area contributed by atoms with Crippen molar-refractivity contribution in [3.05, 3.63) is 122 Å². The summed E-state index contributed by atoms with van der Waals surface area (Å²) >= 11 is 0. The molecule has 0 fully saturated rings. The number of rotatable bonds is 49. The zero-order valence-corrected chi connectivity index (χ0v) is 44.5. The van der Waals surface area contributed by atoms with Crippen molar-refractivity contribution in [1.82, 2.24) is 0 Å². The molecule has 0 spiro atoms. The highest BCUT2D eigenvalue weighted by Gasteiger charge is 2.19. The Morgan fingerprint density at radius 3 is 0.942 bits per heavy atom. The Bertz CT molecular complexity index is 1470. The average Bonchev–Trinajstić information content (AvgIpc) is 3.35. The van der Waals surface area contributed by atoms with Gasteiger partial charge in [-0.2, -0.15) is 0 Å². The van der Waals surface area contributed by atoms with Gasteiger partial charge in [0.15, 0.2) is 6.10 Å². The summed E-state index contributed by atoms with van der Waals surface area (Å²) in [4.78, 5) is 38.1. The Hall–Kier alpha value is -4.19. The van der Waals surface area contributed by atoms with Crippen LogP contribution in [0, 0.1) is 0 Å². The van der Waals surface area contributed by atoms with E-state index in [2.05, 4.69) is 142 Å². The number of unbranched alkanes of at least 4 members (excludes halogenated alkanes) is 18. The molecule has 0 saturated carbocycles. The fourth-order valence-corrected chi connectivity index (χ4v) is 7.28. The lowest BCUT2D eigenvalue weighted by molar-refractivity contribution is -0.167. The van der Waals surface area contributed by atoms with Gasteiger partial charge >= 0.3 is 17.9 Å². The third-order valence-electron chi connectivity index (χ3n) is 11.4. The summed E-state index contributed by atoms with van der Waals surface area (Å²) in [6.07, 6.45) is 77.6. The molecule has 0 amide bonds. The van der Waals surface area contributed by atoms with Gasteiger partial charge < -0.3 is 14.2 Å². The standard InChI is InChI=1S/C63H102O6/c1-4-7-10-13-16-19-22-25-28-30-31-33-36-38-41-44-47-50-53-56-62(65)68-59-60(69-63(66)57-54-51-48-45-42-39-34-27-24-21-18-15-12-9-6-3)58-67-61(64)55-52-49-46-43-40-37-35-32-29-26-23-20-17-14-11-8-5-2/h7,9-10,12,16,18-19,21,25-29,31,33-34,38,41-42,45,60H,4-6,8,11,13-15,17,20,22-24,30,32,35-37,39-40,43-44,46-59H2,1-3H3/b10-7-,12-9-,19-16-,21-18-,28-25-,29-26-,33-31-,34-27-,41-38-,45-42-/t60-/m0/s1. The zero-order valence-electron chi connectivity index (χ0n) is 44.5. The van der Waals surface area contributed by atoms with Crippen molar-refractivity contribution in [1.29, 1.82) is 0 Å². The zero-order chi connectivity index (χ0) is 50.0. The number of allylic oxidation sites excluding steroid dienone is 20. The van der Waals surface area contributed by atoms with Crippen LogP contribution in [-0.2, 0) is 28.6 Å². The molecule has 6 heteroatoms. The molecular formula is C63H102O6. The largest absolute Gasteiger partial charge is 0.462 e. The lowest BCUT2D eigenvalue weighted by Crippen LogP contribution is -2.30. The molecule has 0 aromatic heterocycles. The van der Waals surface area contributed by atoms with Crippen LogP contribution < -0.4 is 0 Å². The molecule has 6 nitrogen and oxygen atoms in total. The van der Waals surface area contributed by atoms with Crippen LogP contribution in [0.2, 0.25) is 0 Å². The lowest BCUT2D eigenvalue weighted by atomic mass is 10.1. The topological polar surface area (TPSA) is 78.9 Å². The van der Waals surface area contributed by atoms with Gasteiger partial charge in [0.1, 0.15) is 13.2 Å². The van der Waals surface area contributed by atoms with Crippen molar-refractivity contribution in [2.45, 2.75) is 245 Å². The van der Waals surface area contributed by atoms with E-state index in [9.17, 15) is 14.4 Å². The first kappa shape index (κ1) is 64.8. The van der Waals surface area contributed by atoms with E-state index in [4.69, 9.17) is 14.2 Å². The maximum Gasteiger partial charge on any atom is 0.306 e. The predicted octanol–water partition coefficient (Wildman–Crippen LogP) is 18.9. The molecule has 0 aliphatic carbocycles. The number of hydrogen-bond acceptors (Lipinski definition) is 6. The van der Waals surface area contributed by atoms with Crippen LogP contribution in [0.15, 0.2) is 122 Å². The maximum atomic E-state index is 12.8. The van der Waals surface area contributed by atoms with Crippen molar-refractivity contribution in [3.8, 4) is 0 Å². The molecule has 0 aliphatic rings. The van der Waals surface area contributed by atoms with Crippen LogP contribution in [-0.4, -0.2) is 37.2 Å². The molecule has 0 radical (unpaired) electrons. The van der Waals surface area contributed by atoms with Gasteiger partial charge in [-0.25, -0.2) is 0 Å². The molecule has 0 saturated heterocycles. The first-order valence-electron chi connectivity index (χ1n) is 28.0. The highest BCUT2D eigenvalue weighted by Crippen LogP contribution is 2.13. The third-order valence-corrected chi connectivity index (χ3v) is 11.4. The summed E-state index contributed by atoms with van der Waals surface area (Å²) in [5.74, 6) is -0.993. The van der Waals surface area contributed by atoms with Gasteiger partial charge in [0.25, 0.3) is 0 Å². The fraction of sp³-hybridized carbons (Fsp3) is 0.635. The van der Waals surface area contributed by atoms with Crippen LogP contribution in [0.1, 0.15) is 239 Å². The van der Waals surface area contributed by atoms with Crippen molar-refractivity contribution in [2.75, 3.05) is 13.2 Å². The van der Waals surface area contributed by atoms with E-state index < -0.39 is 6.10 Å². The first-order chi connectivity index (χ1) is 34.0. The fourth-order valence-electron chi connectivity index (χ4n) is 7.28. The number of hydrogen-bond donors (Lipinski definition) is 0. The van der Waals surface area contributed by atoms with Crippen molar-refractivity contribution < 1.29 is 28.6 Å². The number of esters is 3. The van der Waals surface area contributed by atoms with Crippen LogP contribution >= 0.6 is 0 Å². The summed E-state index contributed by atoms with van der Waals surface area (Å²) < 4.78 is 16.8. The van der Waals surface area contributed by atoms with Crippen LogP contribution in [0.5, 0.6) is 0 Å². The second-order valence-corrected chi connectivity index (χ2v) is 18.1. The van der Waals surface area contributed by atoms with E-state index in [0.717, 1.165) is 116 Å². The second-order valence-electron chi connectivity index (χ2n) is 18.1. The molecule has 0 unspecified atom stereocenters.